The molecule has 1 fully saturated rings. The highest BCUT2D eigenvalue weighted by Crippen LogP contribution is 2.18. The fourth-order valence-electron chi connectivity index (χ4n) is 2.42. The molecule has 1 aliphatic heterocycles. The van der Waals surface area contributed by atoms with E-state index in [-0.39, 0.29) is 6.61 Å². The van der Waals surface area contributed by atoms with Crippen LogP contribution < -0.4 is 5.32 Å². The molecule has 4 heteroatoms. The first-order valence-electron chi connectivity index (χ1n) is 6.84. The molecule has 0 spiro atoms. The number of nitrogens with zero attached hydrogens (tertiary/aromatic N) is 1. The second-order valence-corrected chi connectivity index (χ2v) is 5.75. The van der Waals surface area contributed by atoms with Crippen molar-refractivity contribution in [2.24, 2.45) is 5.92 Å². The molecular weight excluding hydrogens is 256 g/mol. The Balaban J connectivity index is 1.98. The van der Waals surface area contributed by atoms with Gasteiger partial charge in [0.15, 0.2) is 5.11 Å². The maximum atomic E-state index is 9.26. The van der Waals surface area contributed by atoms with E-state index in [4.69, 9.17) is 12.2 Å². The number of hydrogen-bond acceptors (Lipinski definition) is 2. The van der Waals surface area contributed by atoms with Crippen molar-refractivity contribution in [3.63, 3.8) is 0 Å². The van der Waals surface area contributed by atoms with Crippen LogP contribution in [0.15, 0.2) is 18.2 Å². The summed E-state index contributed by atoms with van der Waals surface area (Å²) in [6.45, 7) is 6.29. The molecule has 3 nitrogen and oxygen atoms in total. The van der Waals surface area contributed by atoms with Gasteiger partial charge in [-0.25, -0.2) is 0 Å². The molecule has 104 valence electrons. The van der Waals surface area contributed by atoms with Crippen LogP contribution in [0.25, 0.3) is 0 Å². The third kappa shape index (κ3) is 3.67. The van der Waals surface area contributed by atoms with Gasteiger partial charge in [0.1, 0.15) is 0 Å². The van der Waals surface area contributed by atoms with Crippen LogP contribution in [0, 0.1) is 19.8 Å². The number of benzene rings is 1. The van der Waals surface area contributed by atoms with E-state index in [0.717, 1.165) is 36.7 Å². The molecule has 19 heavy (non-hydrogen) atoms. The predicted octanol–water partition coefficient (Wildman–Crippen LogP) is 2.70. The van der Waals surface area contributed by atoms with Gasteiger partial charge in [0, 0.05) is 25.4 Å². The number of aryl methyl sites for hydroxylation is 2. The third-order valence-electron chi connectivity index (χ3n) is 3.82. The normalized spacial score (nSPS) is 19.3. The van der Waals surface area contributed by atoms with Crippen molar-refractivity contribution >= 4 is 23.0 Å². The van der Waals surface area contributed by atoms with Gasteiger partial charge >= 0.3 is 0 Å². The predicted molar refractivity (Wildman–Crippen MR) is 83.5 cm³/mol. The second-order valence-electron chi connectivity index (χ2n) is 5.37. The quantitative estimate of drug-likeness (QED) is 0.815. The number of thiocarbonyl (C=S) groups is 1. The summed E-state index contributed by atoms with van der Waals surface area (Å²) in [5, 5.41) is 13.3. The Hall–Kier alpha value is -1.13. The number of aliphatic hydroxyl groups excluding tert-OH is 1. The van der Waals surface area contributed by atoms with Crippen LogP contribution in [0.3, 0.4) is 0 Å². The average Bonchev–Trinajstić information content (AvgIpc) is 2.43. The molecule has 2 rings (SSSR count). The molecule has 1 atom stereocenters. The summed E-state index contributed by atoms with van der Waals surface area (Å²) in [5.41, 5.74) is 3.59. The van der Waals surface area contributed by atoms with E-state index >= 15 is 0 Å². The number of hydrogen-bond donors (Lipinski definition) is 2. The second kappa shape index (κ2) is 6.35. The molecule has 0 amide bonds. The molecule has 0 aliphatic carbocycles. The minimum atomic E-state index is 0.253. The Labute approximate surface area is 120 Å². The fraction of sp³-hybridized carbons (Fsp3) is 0.533. The van der Waals surface area contributed by atoms with E-state index in [2.05, 4.69) is 42.3 Å². The van der Waals surface area contributed by atoms with E-state index in [1.54, 1.807) is 0 Å². The molecule has 0 bridgehead atoms. The Morgan fingerprint density at radius 2 is 2.21 bits per heavy atom. The average molecular weight is 278 g/mol. The van der Waals surface area contributed by atoms with Crippen LogP contribution in [0.4, 0.5) is 5.69 Å². The van der Waals surface area contributed by atoms with Gasteiger partial charge in [0.2, 0.25) is 0 Å². The smallest absolute Gasteiger partial charge is 0.173 e. The van der Waals surface area contributed by atoms with Crippen molar-refractivity contribution in [1.29, 1.82) is 0 Å². The minimum absolute atomic E-state index is 0.253. The van der Waals surface area contributed by atoms with Gasteiger partial charge in [-0.15, -0.1) is 0 Å². The zero-order valence-corrected chi connectivity index (χ0v) is 12.5. The van der Waals surface area contributed by atoms with Crippen LogP contribution in [0.2, 0.25) is 0 Å². The number of anilines is 1. The first-order valence-corrected chi connectivity index (χ1v) is 7.25. The maximum Gasteiger partial charge on any atom is 0.173 e. The Bertz CT molecular complexity index is 461. The van der Waals surface area contributed by atoms with Crippen molar-refractivity contribution in [2.45, 2.75) is 26.7 Å². The van der Waals surface area contributed by atoms with Crippen molar-refractivity contribution in [3.05, 3.63) is 29.3 Å². The van der Waals surface area contributed by atoms with Gasteiger partial charge in [-0.05, 0) is 68.1 Å². The van der Waals surface area contributed by atoms with Crippen LogP contribution in [-0.4, -0.2) is 34.8 Å². The lowest BCUT2D eigenvalue weighted by atomic mass is 9.99. The third-order valence-corrected chi connectivity index (χ3v) is 4.18. The van der Waals surface area contributed by atoms with Crippen molar-refractivity contribution in [1.82, 2.24) is 4.90 Å². The van der Waals surface area contributed by atoms with E-state index < -0.39 is 0 Å². The summed E-state index contributed by atoms with van der Waals surface area (Å²) < 4.78 is 0. The highest BCUT2D eigenvalue weighted by atomic mass is 32.1. The van der Waals surface area contributed by atoms with Crippen LogP contribution in [-0.2, 0) is 0 Å². The molecule has 0 unspecified atom stereocenters. The molecule has 1 heterocycles. The Kier molecular flexibility index (Phi) is 4.77. The van der Waals surface area contributed by atoms with Crippen LogP contribution >= 0.6 is 12.2 Å². The zero-order valence-electron chi connectivity index (χ0n) is 11.6. The van der Waals surface area contributed by atoms with E-state index in [0.29, 0.717) is 5.92 Å². The summed E-state index contributed by atoms with van der Waals surface area (Å²) in [4.78, 5) is 2.16. The number of likely N-dealkylation sites (tertiary alicyclic amines) is 1. The van der Waals surface area contributed by atoms with Crippen molar-refractivity contribution in [3.8, 4) is 0 Å². The molecule has 0 aromatic heterocycles. The Morgan fingerprint density at radius 3 is 2.89 bits per heavy atom. The molecule has 2 N–H and O–H groups in total. The molecule has 0 saturated carbocycles. The number of rotatable bonds is 2. The number of nitrogens with one attached hydrogen (secondary N) is 1. The maximum absolute atomic E-state index is 9.26. The largest absolute Gasteiger partial charge is 0.396 e. The van der Waals surface area contributed by atoms with Crippen molar-refractivity contribution < 1.29 is 5.11 Å². The molecule has 1 aliphatic rings. The lowest BCUT2D eigenvalue weighted by Crippen LogP contribution is -2.43. The van der Waals surface area contributed by atoms with Gasteiger partial charge in [0.05, 0.1) is 0 Å². The molecule has 1 aromatic carbocycles. The van der Waals surface area contributed by atoms with Gasteiger partial charge in [0.25, 0.3) is 0 Å². The van der Waals surface area contributed by atoms with Gasteiger partial charge in [-0.2, -0.15) is 0 Å². The first kappa shape index (κ1) is 14.3. The number of aliphatic hydroxyl groups is 1. The Morgan fingerprint density at radius 1 is 1.42 bits per heavy atom. The van der Waals surface area contributed by atoms with E-state index in [1.165, 1.54) is 11.1 Å². The summed E-state index contributed by atoms with van der Waals surface area (Å²) in [6, 6.07) is 6.28. The summed E-state index contributed by atoms with van der Waals surface area (Å²) in [6.07, 6.45) is 2.19. The standard InChI is InChI=1S/C15H22N2OS/c1-11-5-6-14(8-12(11)2)16-15(19)17-7-3-4-13(9-17)10-18/h5-6,8,13,18H,3-4,7,9-10H2,1-2H3,(H,16,19)/t13-/m0/s1. The lowest BCUT2D eigenvalue weighted by molar-refractivity contribution is 0.162. The fourth-order valence-corrected chi connectivity index (χ4v) is 2.70. The SMILES string of the molecule is Cc1ccc(NC(=S)N2CCC[C@H](CO)C2)cc1C. The van der Waals surface area contributed by atoms with Crippen LogP contribution in [0.5, 0.6) is 0 Å². The number of piperidine rings is 1. The van der Waals surface area contributed by atoms with E-state index in [9.17, 15) is 5.11 Å². The van der Waals surface area contributed by atoms with Gasteiger partial charge in [-0.1, -0.05) is 6.07 Å². The summed E-state index contributed by atoms with van der Waals surface area (Å²) >= 11 is 5.47. The lowest BCUT2D eigenvalue weighted by Gasteiger charge is -2.33. The molecular formula is C15H22N2OS. The van der Waals surface area contributed by atoms with Crippen molar-refractivity contribution in [2.75, 3.05) is 25.0 Å². The summed E-state index contributed by atoms with van der Waals surface area (Å²) in [7, 11) is 0. The highest BCUT2D eigenvalue weighted by molar-refractivity contribution is 7.80. The highest BCUT2D eigenvalue weighted by Gasteiger charge is 2.21. The zero-order chi connectivity index (χ0) is 13.8. The minimum Gasteiger partial charge on any atom is -0.396 e. The van der Waals surface area contributed by atoms with Crippen LogP contribution in [0.1, 0.15) is 24.0 Å². The van der Waals surface area contributed by atoms with Gasteiger partial charge < -0.3 is 15.3 Å². The topological polar surface area (TPSA) is 35.5 Å². The molecule has 1 saturated heterocycles. The molecule has 1 aromatic rings. The van der Waals surface area contributed by atoms with E-state index in [1.807, 2.05) is 0 Å². The monoisotopic (exact) mass is 278 g/mol. The first-order chi connectivity index (χ1) is 9.10. The summed E-state index contributed by atoms with van der Waals surface area (Å²) in [5.74, 6) is 0.355. The van der Waals surface area contributed by atoms with Gasteiger partial charge in [-0.3, -0.25) is 0 Å². The molecule has 0 radical (unpaired) electrons.